The molecule has 508 valence electrons. The van der Waals surface area contributed by atoms with Gasteiger partial charge < -0.3 is 39.0 Å². The van der Waals surface area contributed by atoms with Gasteiger partial charge in [0.25, 0.3) is 17.7 Å². The number of H-pyrrole nitrogens is 1. The summed E-state index contributed by atoms with van der Waals surface area (Å²) >= 11 is 0. The molecule has 12 aromatic rings. The lowest BCUT2D eigenvalue weighted by atomic mass is 9.93. The standard InChI is InChI=1S/C26H33N6O6P.C20H18N6O2.C18H17N6O6P/c1-25(2,3)37-39(34,38-26(4,5)6)35-17-32-15-18(14-28-32)21-11-12-22(36-21)24(33)29-20-16-31(7)30-23(20)19-10-8-9-13-27-19;27-20(18-8-7-17(28-18)13-10-22-23-11-13)24-16-12-26(14-4-3-5-14)25-19(16)15-6-1-2-9-21-15;1-23-10-14(17(22-23)13-4-2-3-7-19-13)21-18(25)16-6-5-15(30-16)12-8-20-24(9-12)11-29-31(26,27)28/h8-16H,17H2,1-7H3,(H,29,33);1-2,6-12,14H,3-5H2,(H,22,23)(H,24,27);2-10H,11H2,1H3,(H,21,25)(H2,26,27,28). The van der Waals surface area contributed by atoms with Crippen molar-refractivity contribution in [3.8, 4) is 68.1 Å². The van der Waals surface area contributed by atoms with Gasteiger partial charge in [0.05, 0.1) is 86.7 Å². The number of aryl methyl sites for hydroxylation is 2. The average Bonchev–Trinajstić information content (AvgIpc) is 1.63. The smallest absolute Gasteiger partial charge is 0.451 e. The van der Waals surface area contributed by atoms with Gasteiger partial charge in [-0.25, -0.2) is 18.5 Å². The number of pyridine rings is 3. The highest BCUT2D eigenvalue weighted by atomic mass is 31.2. The fraction of sp³-hybridized carbons (Fsp3) is 0.250. The number of amides is 3. The highest BCUT2D eigenvalue weighted by Crippen LogP contribution is 2.55. The third kappa shape index (κ3) is 18.0. The number of rotatable bonds is 21. The van der Waals surface area contributed by atoms with Gasteiger partial charge in [0.1, 0.15) is 34.4 Å². The maximum atomic E-state index is 13.3. The summed E-state index contributed by atoms with van der Waals surface area (Å²) in [5, 5.41) is 36.8. The lowest BCUT2D eigenvalue weighted by Gasteiger charge is -2.30. The van der Waals surface area contributed by atoms with Gasteiger partial charge in [0.2, 0.25) is 0 Å². The van der Waals surface area contributed by atoms with E-state index in [0.29, 0.717) is 80.0 Å². The highest BCUT2D eigenvalue weighted by molar-refractivity contribution is 7.48. The van der Waals surface area contributed by atoms with Crippen molar-refractivity contribution in [2.24, 2.45) is 14.1 Å². The minimum atomic E-state index is -4.61. The minimum Gasteiger partial charge on any atom is -0.451 e. The van der Waals surface area contributed by atoms with E-state index in [1.807, 2.05) is 47.3 Å². The topological polar surface area (TPSA) is 395 Å². The molecule has 0 unspecified atom stereocenters. The molecule has 1 aliphatic rings. The second-order valence-electron chi connectivity index (χ2n) is 24.0. The van der Waals surface area contributed by atoms with E-state index in [1.165, 1.54) is 34.2 Å². The van der Waals surface area contributed by atoms with Gasteiger partial charge in [-0.05, 0) is 134 Å². The molecule has 12 aromatic heterocycles. The Hall–Kier alpha value is -10.8. The maximum Gasteiger partial charge on any atom is 0.477 e. The van der Waals surface area contributed by atoms with E-state index in [1.54, 1.807) is 169 Å². The first-order valence-electron chi connectivity index (χ1n) is 30.3. The molecule has 32 nitrogen and oxygen atoms in total. The van der Waals surface area contributed by atoms with Crippen molar-refractivity contribution >= 4 is 50.4 Å². The fourth-order valence-corrected chi connectivity index (χ4v) is 11.5. The van der Waals surface area contributed by atoms with E-state index in [0.717, 1.165) is 24.1 Å². The van der Waals surface area contributed by atoms with Crippen molar-refractivity contribution in [2.45, 2.75) is 91.5 Å². The first-order chi connectivity index (χ1) is 46.8. The van der Waals surface area contributed by atoms with Gasteiger partial charge in [-0.1, -0.05) is 18.2 Å². The van der Waals surface area contributed by atoms with Crippen molar-refractivity contribution in [2.75, 3.05) is 16.0 Å². The Bertz CT molecular complexity index is 4760. The van der Waals surface area contributed by atoms with Crippen molar-refractivity contribution < 1.29 is 64.6 Å². The summed E-state index contributed by atoms with van der Waals surface area (Å²) in [4.78, 5) is 68.8. The number of hydrogen-bond acceptors (Lipinski definition) is 21. The first kappa shape index (κ1) is 68.6. The third-order valence-electron chi connectivity index (χ3n) is 13.9. The second-order valence-corrected chi connectivity index (χ2v) is 26.7. The second kappa shape index (κ2) is 29.3. The number of phosphoric ester groups is 2. The van der Waals surface area contributed by atoms with Gasteiger partial charge >= 0.3 is 15.6 Å². The SMILES string of the molecule is Cn1cc(NC(=O)c2ccc(-c3cnn(COP(=O)(O)O)c3)o2)c(-c2ccccn2)n1.Cn1cc(NC(=O)c2ccc(-c3cnn(COP(=O)(OC(C)(C)C)OC(C)(C)C)c3)o2)c(-c2ccccn2)n1.O=C(Nc1cn(C2CCC2)nc1-c1ccccn1)c1ccc(-c2cn[nH]c2)o1. The van der Waals surface area contributed by atoms with Crippen molar-refractivity contribution in [3.63, 3.8) is 0 Å². The number of nitrogens with zero attached hydrogens (tertiary/aromatic N) is 14. The number of hydrogen-bond donors (Lipinski definition) is 6. The summed E-state index contributed by atoms with van der Waals surface area (Å²) in [6.45, 7) is 9.96. The van der Waals surface area contributed by atoms with Gasteiger partial charge in [-0.15, -0.1) is 0 Å². The zero-order valence-corrected chi connectivity index (χ0v) is 55.9. The number of phosphoric acid groups is 2. The molecular weight excluding hydrogens is 1310 g/mol. The summed E-state index contributed by atoms with van der Waals surface area (Å²) in [6.07, 6.45) is 23.1. The Morgan fingerprint density at radius 2 is 0.969 bits per heavy atom. The lowest BCUT2D eigenvalue weighted by molar-refractivity contribution is -0.00763. The molecule has 0 saturated heterocycles. The Morgan fingerprint density at radius 1 is 0.551 bits per heavy atom. The number of carbonyl (C=O) groups is 3. The largest absolute Gasteiger partial charge is 0.477 e. The molecule has 3 amide bonds. The Labute approximate surface area is 559 Å². The predicted molar refractivity (Wildman–Crippen MR) is 355 cm³/mol. The van der Waals surface area contributed by atoms with E-state index in [9.17, 15) is 23.5 Å². The minimum absolute atomic E-state index is 0.0602. The molecule has 6 N–H and O–H groups in total. The van der Waals surface area contributed by atoms with Gasteiger partial charge in [0.15, 0.2) is 30.7 Å². The van der Waals surface area contributed by atoms with Crippen LogP contribution in [0.5, 0.6) is 0 Å². The van der Waals surface area contributed by atoms with Gasteiger partial charge in [-0.2, -0.15) is 30.6 Å². The molecule has 0 radical (unpaired) electrons. The summed E-state index contributed by atoms with van der Waals surface area (Å²) in [7, 11) is -5.02. The Morgan fingerprint density at radius 3 is 1.35 bits per heavy atom. The predicted octanol–water partition coefficient (Wildman–Crippen LogP) is 12.1. The quantitative estimate of drug-likeness (QED) is 0.0364. The normalized spacial score (nSPS) is 12.7. The molecule has 98 heavy (non-hydrogen) atoms. The molecule has 0 aliphatic heterocycles. The molecule has 1 aliphatic carbocycles. The number of anilines is 3. The summed E-state index contributed by atoms with van der Waals surface area (Å²) in [6, 6.07) is 26.6. The van der Waals surface area contributed by atoms with Gasteiger partial charge in [-0.3, -0.25) is 66.6 Å². The van der Waals surface area contributed by atoms with Crippen molar-refractivity contribution in [1.82, 2.24) is 74.1 Å². The van der Waals surface area contributed by atoms with Crippen LogP contribution in [0.3, 0.4) is 0 Å². The molecule has 1 saturated carbocycles. The maximum absolute atomic E-state index is 13.3. The van der Waals surface area contributed by atoms with E-state index >= 15 is 0 Å². The fourth-order valence-electron chi connectivity index (χ4n) is 9.47. The molecule has 34 heteroatoms. The molecule has 13 rings (SSSR count). The van der Waals surface area contributed by atoms with Crippen LogP contribution in [0, 0.1) is 0 Å². The number of furan rings is 3. The van der Waals surface area contributed by atoms with Crippen LogP contribution in [0.25, 0.3) is 68.1 Å². The van der Waals surface area contributed by atoms with Crippen LogP contribution in [-0.2, 0) is 54.8 Å². The summed E-state index contributed by atoms with van der Waals surface area (Å²) < 4.78 is 70.1. The van der Waals surface area contributed by atoms with E-state index in [2.05, 4.69) is 66.0 Å². The number of aromatic nitrogens is 15. The zero-order valence-electron chi connectivity index (χ0n) is 54.2. The van der Waals surface area contributed by atoms with Crippen LogP contribution in [-0.4, -0.2) is 113 Å². The highest BCUT2D eigenvalue weighted by Gasteiger charge is 2.38. The number of nitrogens with one attached hydrogen (secondary N) is 4. The number of aromatic amines is 1. The average molecular weight is 1380 g/mol. The van der Waals surface area contributed by atoms with E-state index in [-0.39, 0.29) is 29.9 Å². The monoisotopic (exact) mass is 1370 g/mol. The summed E-state index contributed by atoms with van der Waals surface area (Å²) in [5.74, 6) is 0.479. The van der Waals surface area contributed by atoms with Crippen LogP contribution in [0.4, 0.5) is 17.1 Å². The van der Waals surface area contributed by atoms with Crippen LogP contribution >= 0.6 is 15.6 Å². The van der Waals surface area contributed by atoms with Crippen LogP contribution in [0.1, 0.15) is 98.5 Å². The third-order valence-corrected chi connectivity index (χ3v) is 16.3. The molecule has 1 fully saturated rings. The number of carbonyl (C=O) groups excluding carboxylic acids is 3. The van der Waals surface area contributed by atoms with Crippen LogP contribution in [0.15, 0.2) is 179 Å². The zero-order chi connectivity index (χ0) is 69.4. The van der Waals surface area contributed by atoms with E-state index < -0.39 is 45.4 Å². The van der Waals surface area contributed by atoms with E-state index in [4.69, 9.17) is 41.7 Å². The first-order valence-corrected chi connectivity index (χ1v) is 33.3. The Balaban J connectivity index is 0.000000151. The van der Waals surface area contributed by atoms with Crippen LogP contribution < -0.4 is 16.0 Å². The molecule has 12 heterocycles. The molecule has 0 aromatic carbocycles. The lowest BCUT2D eigenvalue weighted by Crippen LogP contribution is -2.25. The summed E-state index contributed by atoms with van der Waals surface area (Å²) in [5.41, 5.74) is 5.66. The van der Waals surface area contributed by atoms with Crippen LogP contribution in [0.2, 0.25) is 0 Å². The van der Waals surface area contributed by atoms with Crippen molar-refractivity contribution in [3.05, 3.63) is 183 Å². The molecule has 0 atom stereocenters. The molecule has 0 bridgehead atoms. The van der Waals surface area contributed by atoms with Crippen molar-refractivity contribution in [1.29, 1.82) is 0 Å². The van der Waals surface area contributed by atoms with Gasteiger partial charge in [0, 0.05) is 69.9 Å². The molecule has 0 spiro atoms. The Kier molecular flexibility index (Phi) is 20.5. The molecular formula is C64H68N18O14P2.